The van der Waals surface area contributed by atoms with Crippen LogP contribution in [0, 0.1) is 38.2 Å². The van der Waals surface area contributed by atoms with Crippen molar-refractivity contribution in [2.24, 2.45) is 17.2 Å². The van der Waals surface area contributed by atoms with Gasteiger partial charge >= 0.3 is 43.9 Å². The summed E-state index contributed by atoms with van der Waals surface area (Å²) in [4.78, 5) is 35.0. The van der Waals surface area contributed by atoms with Crippen LogP contribution in [-0.2, 0) is 82.6 Å². The largest absolute Gasteiger partial charge is 1.00 e. The molecule has 18 nitrogen and oxygen atoms in total. The monoisotopic (exact) mass is 1500 g/mol. The summed E-state index contributed by atoms with van der Waals surface area (Å²) in [6, 6.07) is 48.7. The van der Waals surface area contributed by atoms with Crippen LogP contribution in [0.1, 0.15) is 80.6 Å². The number of carbonyl (C=O) groups is 3. The van der Waals surface area contributed by atoms with Gasteiger partial charge in [0.15, 0.2) is 0 Å². The van der Waals surface area contributed by atoms with Crippen molar-refractivity contribution < 1.29 is 104 Å². The first-order valence-corrected chi connectivity index (χ1v) is 33.1. The minimum atomic E-state index is -1.78. The van der Waals surface area contributed by atoms with Crippen molar-refractivity contribution in [1.82, 2.24) is 0 Å². The Hall–Kier alpha value is -9.61. The van der Waals surface area contributed by atoms with Crippen LogP contribution in [0.3, 0.4) is 0 Å². The molecule has 0 fully saturated rings. The summed E-state index contributed by atoms with van der Waals surface area (Å²) in [7, 11) is -1.78. The Morgan fingerprint density at radius 2 is 0.798 bits per heavy atom. The number of hydrogen-bond acceptors (Lipinski definition) is 17. The molecule has 12 aromatic rings. The van der Waals surface area contributed by atoms with Gasteiger partial charge in [-0.3, -0.25) is 14.4 Å². The van der Waals surface area contributed by atoms with E-state index in [1.807, 2.05) is 124 Å². The summed E-state index contributed by atoms with van der Waals surface area (Å²) < 4.78 is 89.2. The summed E-state index contributed by atoms with van der Waals surface area (Å²) >= 11 is 3.52. The first-order valence-electron chi connectivity index (χ1n) is 32.4. The third kappa shape index (κ3) is 21.1. The third-order valence-corrected chi connectivity index (χ3v) is 16.8. The van der Waals surface area contributed by atoms with Crippen LogP contribution in [-0.4, -0.2) is 58.9 Å². The fraction of sp³-hybridized carbons (Fsp3) is 0.203. The maximum absolute atomic E-state index is 15.1. The average Bonchev–Trinajstić information content (AvgIpc) is 1.44. The van der Waals surface area contributed by atoms with Crippen molar-refractivity contribution >= 4 is 91.7 Å². The summed E-state index contributed by atoms with van der Waals surface area (Å²) in [6.45, 7) is 11.2. The molecular formula is C79H78BBrClF3LiN3O15. The number of carboxylic acid groups (broad SMARTS) is 1. The minimum Gasteiger partial charge on any atom is -0.870 e. The molecule has 0 saturated heterocycles. The molecule has 538 valence electrons. The molecule has 3 aromatic heterocycles. The van der Waals surface area contributed by atoms with E-state index < -0.39 is 18.9 Å². The number of esters is 2. The van der Waals surface area contributed by atoms with E-state index in [4.69, 9.17) is 64.2 Å². The molecule has 0 amide bonds. The van der Waals surface area contributed by atoms with Crippen LogP contribution in [0.5, 0.6) is 17.2 Å². The molecule has 0 aliphatic carbocycles. The molecule has 0 bridgehead atoms. The van der Waals surface area contributed by atoms with Crippen LogP contribution >= 0.6 is 28.3 Å². The quantitative estimate of drug-likeness (QED) is 0.0256. The Morgan fingerprint density at radius 1 is 0.462 bits per heavy atom. The van der Waals surface area contributed by atoms with Crippen LogP contribution in [0.15, 0.2) is 200 Å². The molecular weight excluding hydrogens is 1420 g/mol. The smallest absolute Gasteiger partial charge is 0.870 e. The number of carbonyl (C=O) groups excluding carboxylic acids is 2. The average molecular weight is 1500 g/mol. The van der Waals surface area contributed by atoms with Crippen molar-refractivity contribution in [2.45, 2.75) is 93.3 Å². The zero-order valence-corrected chi connectivity index (χ0v) is 60.5. The van der Waals surface area contributed by atoms with Gasteiger partial charge in [-0.15, -0.1) is 12.4 Å². The van der Waals surface area contributed by atoms with E-state index in [1.165, 1.54) is 18.2 Å². The van der Waals surface area contributed by atoms with Crippen LogP contribution < -0.4 is 55.7 Å². The Labute approximate surface area is 626 Å². The number of aryl methyl sites for hydroxylation is 3. The van der Waals surface area contributed by atoms with E-state index >= 15 is 4.39 Å². The third-order valence-electron chi connectivity index (χ3n) is 16.2. The summed E-state index contributed by atoms with van der Waals surface area (Å²) in [5, 5.41) is 29.3. The fourth-order valence-electron chi connectivity index (χ4n) is 11.4. The van der Waals surface area contributed by atoms with Crippen LogP contribution in [0.25, 0.3) is 55.2 Å². The zero-order valence-electron chi connectivity index (χ0n) is 58.1. The van der Waals surface area contributed by atoms with Crippen LogP contribution in [0.4, 0.5) is 13.2 Å². The van der Waals surface area contributed by atoms with Crippen molar-refractivity contribution in [2.75, 3.05) is 13.2 Å². The van der Waals surface area contributed by atoms with E-state index in [0.717, 1.165) is 76.5 Å². The number of rotatable bonds is 23. The van der Waals surface area contributed by atoms with Crippen molar-refractivity contribution in [3.05, 3.63) is 271 Å². The number of benzene rings is 9. The second-order valence-electron chi connectivity index (χ2n) is 23.3. The Kier molecular flexibility index (Phi) is 32.0. The second-order valence-corrected chi connectivity index (χ2v) is 24.2. The Bertz CT molecular complexity index is 4900. The number of carboxylic acids is 1. The van der Waals surface area contributed by atoms with Crippen molar-refractivity contribution in [1.29, 1.82) is 0 Å². The number of para-hydroxylation sites is 3. The van der Waals surface area contributed by atoms with Gasteiger partial charge in [-0.1, -0.05) is 109 Å². The first-order chi connectivity index (χ1) is 48.7. The molecule has 0 aliphatic heterocycles. The van der Waals surface area contributed by atoms with Gasteiger partial charge in [0, 0.05) is 96.9 Å². The molecule has 10 N–H and O–H groups in total. The molecule has 12 rings (SSSR count). The number of halogens is 5. The summed E-state index contributed by atoms with van der Waals surface area (Å²) in [6.07, 6.45) is 5.03. The van der Waals surface area contributed by atoms with Gasteiger partial charge in [0.05, 0.1) is 55.7 Å². The van der Waals surface area contributed by atoms with Gasteiger partial charge in [0.2, 0.25) is 0 Å². The van der Waals surface area contributed by atoms with E-state index in [9.17, 15) is 28.3 Å². The molecule has 0 aliphatic rings. The minimum absolute atomic E-state index is 0. The zero-order chi connectivity index (χ0) is 72.3. The fourth-order valence-corrected chi connectivity index (χ4v) is 12.0. The van der Waals surface area contributed by atoms with E-state index in [2.05, 4.69) is 15.9 Å². The number of fused-ring (bicyclic) bond motifs is 3. The predicted octanol–water partition coefficient (Wildman–Crippen LogP) is 12.3. The standard InChI is InChI=1S/C27H26FNO4.C25H22FNO4.C20H19BrO4.C7H9BFNO2.ClH.Li.H2O/c1-3-31-24(30)14-19-7-4-6-17(2)26(19)33-16-18-12-20-10-11-32-27(20)23(13-18)22-9-5-8-21(15-29)25(22)28;1-15-4-2-5-17(12-22(28)29)24(15)31-14-16-10-18-8-9-30-25(18)21(11-16)20-7-3-6-19(13-27)23(20)26;1-3-23-18(22)11-15-6-4-5-13(2)19(15)25-12-14-9-16-7-8-24-20(16)17(21)10-14;9-7-5(4-10)2-1-3-6(7)8(11)12;;;/h4-13H,3,14-16,29H2,1-2H3;2-11H,12-14,27H2,1H3,(H,28,29);4-10H,3,11-12H2,1-2H3;1-3,11-12H,4,10H2;1H;;1H2/q;;;;;+1;/p-1. The number of hydrogen-bond donors (Lipinski definition) is 6. The van der Waals surface area contributed by atoms with E-state index in [-0.39, 0.29) is 123 Å². The molecule has 0 unspecified atom stereocenters. The number of aliphatic carboxylic acids is 1. The first kappa shape index (κ1) is 83.3. The maximum Gasteiger partial charge on any atom is 1.00 e. The SMILES string of the molecule is CCOC(=O)Cc1cccc(C)c1OCc1cc(-c2cccc(CN)c2F)c2occc2c1.CCOC(=O)Cc1cccc(C)c1OCc1cc(Br)c2occc2c1.Cc1cccc(CC(=O)O)c1OCc1cc(-c2cccc(CN)c2F)c2occc2c1.Cl.NCc1cccc(B(O)O)c1F.[Li+].[OH-]. The van der Waals surface area contributed by atoms with Crippen molar-refractivity contribution in [3.8, 4) is 39.5 Å². The molecule has 0 saturated carbocycles. The van der Waals surface area contributed by atoms with Gasteiger partial charge in [-0.05, 0) is 139 Å². The maximum atomic E-state index is 15.1. The molecule has 0 radical (unpaired) electrons. The molecule has 0 atom stereocenters. The summed E-state index contributed by atoms with van der Waals surface area (Å²) in [5.41, 5.74) is 29.3. The molecule has 25 heteroatoms. The van der Waals surface area contributed by atoms with Gasteiger partial charge < -0.3 is 74.8 Å². The molecule has 0 spiro atoms. The van der Waals surface area contributed by atoms with Gasteiger partial charge in [0.25, 0.3) is 0 Å². The Balaban J connectivity index is 0.000000225. The Morgan fingerprint density at radius 3 is 1.17 bits per heavy atom. The normalized spacial score (nSPS) is 10.6. The molecule has 9 aromatic carbocycles. The van der Waals surface area contributed by atoms with Crippen LogP contribution in [0.2, 0.25) is 0 Å². The number of ether oxygens (including phenoxy) is 5. The molecule has 104 heavy (non-hydrogen) atoms. The topological polar surface area (TPSA) is 306 Å². The number of nitrogens with two attached hydrogens (primary N) is 3. The van der Waals surface area contributed by atoms with Crippen molar-refractivity contribution in [3.63, 3.8) is 0 Å². The molecule has 3 heterocycles. The van der Waals surface area contributed by atoms with Gasteiger partial charge in [0.1, 0.15) is 71.3 Å². The number of furan rings is 3. The van der Waals surface area contributed by atoms with E-state index in [0.29, 0.717) is 81.4 Å². The van der Waals surface area contributed by atoms with Gasteiger partial charge in [-0.25, -0.2) is 13.2 Å². The van der Waals surface area contributed by atoms with E-state index in [1.54, 1.807) is 75.1 Å². The second kappa shape index (κ2) is 39.9. The van der Waals surface area contributed by atoms with Gasteiger partial charge in [-0.2, -0.15) is 0 Å². The summed E-state index contributed by atoms with van der Waals surface area (Å²) in [5.74, 6) is -0.909. The predicted molar refractivity (Wildman–Crippen MR) is 395 cm³/mol.